The van der Waals surface area contributed by atoms with Gasteiger partial charge in [0.25, 0.3) is 5.91 Å². The van der Waals surface area contributed by atoms with Crippen LogP contribution in [0.3, 0.4) is 0 Å². The van der Waals surface area contributed by atoms with Crippen molar-refractivity contribution >= 4 is 17.2 Å². The van der Waals surface area contributed by atoms with Crippen molar-refractivity contribution in [1.82, 2.24) is 9.88 Å². The van der Waals surface area contributed by atoms with Gasteiger partial charge in [-0.2, -0.15) is 0 Å². The largest absolute Gasteiger partial charge is 0.496 e. The third-order valence-electron chi connectivity index (χ3n) is 4.59. The van der Waals surface area contributed by atoms with Crippen molar-refractivity contribution in [3.05, 3.63) is 35.3 Å². The summed E-state index contributed by atoms with van der Waals surface area (Å²) in [5, 5.41) is 2.66. The molecule has 2 fully saturated rings. The van der Waals surface area contributed by atoms with Gasteiger partial charge in [0.15, 0.2) is 0 Å². The molecule has 0 radical (unpaired) electrons. The number of carbonyl (C=O) groups is 1. The molecule has 0 bridgehead atoms. The van der Waals surface area contributed by atoms with E-state index in [1.807, 2.05) is 34.5 Å². The lowest BCUT2D eigenvalue weighted by Crippen LogP contribution is -2.30. The molecule has 23 heavy (non-hydrogen) atoms. The lowest BCUT2D eigenvalue weighted by molar-refractivity contribution is 0.0746. The molecule has 4 rings (SSSR count). The maximum atomic E-state index is 12.7. The summed E-state index contributed by atoms with van der Waals surface area (Å²) in [5.74, 6) is 1.78. The number of benzene rings is 1. The highest BCUT2D eigenvalue weighted by Crippen LogP contribution is 2.33. The molecule has 1 amide bonds. The Kier molecular flexibility index (Phi) is 3.79. The zero-order chi connectivity index (χ0) is 15.8. The van der Waals surface area contributed by atoms with Crippen LogP contribution < -0.4 is 4.74 Å². The van der Waals surface area contributed by atoms with Gasteiger partial charge in [-0.05, 0) is 12.1 Å². The lowest BCUT2D eigenvalue weighted by atomic mass is 10.0. The predicted octanol–water partition coefficient (Wildman–Crippen LogP) is 2.54. The summed E-state index contributed by atoms with van der Waals surface area (Å²) in [6.45, 7) is 3.12. The maximum absolute atomic E-state index is 12.7. The number of fused-ring (bicyclic) bond motifs is 1. The van der Waals surface area contributed by atoms with Crippen LogP contribution in [-0.2, 0) is 4.74 Å². The summed E-state index contributed by atoms with van der Waals surface area (Å²) in [5.41, 5.74) is 1.45. The Morgan fingerprint density at radius 1 is 1.30 bits per heavy atom. The van der Waals surface area contributed by atoms with E-state index in [1.54, 1.807) is 7.11 Å². The standard InChI is InChI=1S/C17H18N2O3S/c1-21-15-5-3-2-4-13(15)16-18-14(10-23-16)17(20)19-6-11-8-22-9-12(11)7-19/h2-5,10-12H,6-9H2,1H3/t11-,12+. The molecule has 3 heterocycles. The second-order valence-corrected chi connectivity index (χ2v) is 6.86. The average molecular weight is 330 g/mol. The van der Waals surface area contributed by atoms with Crippen LogP contribution in [0.25, 0.3) is 10.6 Å². The zero-order valence-corrected chi connectivity index (χ0v) is 13.7. The van der Waals surface area contributed by atoms with E-state index in [9.17, 15) is 4.79 Å². The number of nitrogens with zero attached hydrogens (tertiary/aromatic N) is 2. The van der Waals surface area contributed by atoms with E-state index < -0.39 is 0 Å². The number of hydrogen-bond acceptors (Lipinski definition) is 5. The highest BCUT2D eigenvalue weighted by Gasteiger charge is 2.39. The number of thiazole rings is 1. The molecule has 2 aromatic rings. The minimum Gasteiger partial charge on any atom is -0.496 e. The third kappa shape index (κ3) is 2.62. The smallest absolute Gasteiger partial charge is 0.273 e. The molecule has 1 aromatic heterocycles. The Morgan fingerprint density at radius 3 is 2.78 bits per heavy atom. The van der Waals surface area contributed by atoms with Crippen molar-refractivity contribution in [1.29, 1.82) is 0 Å². The van der Waals surface area contributed by atoms with Gasteiger partial charge >= 0.3 is 0 Å². The minimum absolute atomic E-state index is 0.0248. The van der Waals surface area contributed by atoms with Gasteiger partial charge in [-0.3, -0.25) is 4.79 Å². The van der Waals surface area contributed by atoms with Gasteiger partial charge in [0.05, 0.1) is 25.9 Å². The number of rotatable bonds is 3. The quantitative estimate of drug-likeness (QED) is 0.868. The summed E-state index contributed by atoms with van der Waals surface area (Å²) in [6, 6.07) is 7.73. The molecule has 0 spiro atoms. The predicted molar refractivity (Wildman–Crippen MR) is 87.8 cm³/mol. The van der Waals surface area contributed by atoms with Crippen LogP contribution >= 0.6 is 11.3 Å². The van der Waals surface area contributed by atoms with Gasteiger partial charge in [-0.1, -0.05) is 12.1 Å². The Bertz CT molecular complexity index is 718. The second-order valence-electron chi connectivity index (χ2n) is 6.01. The summed E-state index contributed by atoms with van der Waals surface area (Å²) in [7, 11) is 1.64. The molecule has 0 unspecified atom stereocenters. The Labute approximate surface area is 138 Å². The first-order valence-electron chi connectivity index (χ1n) is 7.72. The third-order valence-corrected chi connectivity index (χ3v) is 5.46. The first-order valence-corrected chi connectivity index (χ1v) is 8.60. The molecular formula is C17H18N2O3S. The molecule has 6 heteroatoms. The fourth-order valence-corrected chi connectivity index (χ4v) is 4.16. The summed E-state index contributed by atoms with van der Waals surface area (Å²) in [4.78, 5) is 19.1. The van der Waals surface area contributed by atoms with Crippen LogP contribution in [0.2, 0.25) is 0 Å². The van der Waals surface area contributed by atoms with Gasteiger partial charge in [-0.15, -0.1) is 11.3 Å². The molecule has 2 atom stereocenters. The van der Waals surface area contributed by atoms with E-state index in [4.69, 9.17) is 9.47 Å². The maximum Gasteiger partial charge on any atom is 0.273 e. The van der Waals surface area contributed by atoms with Crippen molar-refractivity contribution in [2.24, 2.45) is 11.8 Å². The number of hydrogen-bond donors (Lipinski definition) is 0. The zero-order valence-electron chi connectivity index (χ0n) is 12.9. The van der Waals surface area contributed by atoms with Gasteiger partial charge in [0.2, 0.25) is 0 Å². The molecule has 5 nitrogen and oxygen atoms in total. The van der Waals surface area contributed by atoms with Crippen molar-refractivity contribution in [2.75, 3.05) is 33.4 Å². The Morgan fingerprint density at radius 2 is 2.04 bits per heavy atom. The van der Waals surface area contributed by atoms with E-state index in [2.05, 4.69) is 4.98 Å². The summed E-state index contributed by atoms with van der Waals surface area (Å²) < 4.78 is 10.8. The van der Waals surface area contributed by atoms with Crippen LogP contribution in [-0.4, -0.2) is 49.2 Å². The average Bonchev–Trinajstić information content (AvgIpc) is 3.29. The van der Waals surface area contributed by atoms with E-state index in [-0.39, 0.29) is 5.91 Å². The Hall–Kier alpha value is -1.92. The fraction of sp³-hybridized carbons (Fsp3) is 0.412. The van der Waals surface area contributed by atoms with E-state index in [1.165, 1.54) is 11.3 Å². The SMILES string of the molecule is COc1ccccc1-c1nc(C(=O)N2C[C@H]3COC[C@H]3C2)cs1. The highest BCUT2D eigenvalue weighted by atomic mass is 32.1. The molecule has 0 aliphatic carbocycles. The molecule has 120 valence electrons. The summed E-state index contributed by atoms with van der Waals surface area (Å²) in [6.07, 6.45) is 0. The van der Waals surface area contributed by atoms with Crippen LogP contribution in [0.5, 0.6) is 5.75 Å². The molecule has 0 N–H and O–H groups in total. The van der Waals surface area contributed by atoms with Gasteiger partial charge in [-0.25, -0.2) is 4.98 Å². The van der Waals surface area contributed by atoms with E-state index in [0.29, 0.717) is 17.5 Å². The second kappa shape index (κ2) is 5.94. The van der Waals surface area contributed by atoms with Crippen LogP contribution in [0.15, 0.2) is 29.6 Å². The molecule has 0 saturated carbocycles. The number of para-hydroxylation sites is 1. The number of carbonyl (C=O) groups excluding carboxylic acids is 1. The van der Waals surface area contributed by atoms with Crippen molar-refractivity contribution < 1.29 is 14.3 Å². The number of likely N-dealkylation sites (tertiary alicyclic amines) is 1. The first-order chi connectivity index (χ1) is 11.3. The number of amides is 1. The topological polar surface area (TPSA) is 51.7 Å². The van der Waals surface area contributed by atoms with Crippen LogP contribution in [0.4, 0.5) is 0 Å². The Balaban J connectivity index is 1.55. The highest BCUT2D eigenvalue weighted by molar-refractivity contribution is 7.13. The van der Waals surface area contributed by atoms with Gasteiger partial charge in [0.1, 0.15) is 16.5 Å². The van der Waals surface area contributed by atoms with Gasteiger partial charge < -0.3 is 14.4 Å². The lowest BCUT2D eigenvalue weighted by Gasteiger charge is -2.15. The summed E-state index contributed by atoms with van der Waals surface area (Å²) >= 11 is 1.48. The molecule has 2 aliphatic rings. The van der Waals surface area contributed by atoms with Crippen molar-refractivity contribution in [3.8, 4) is 16.3 Å². The van der Waals surface area contributed by atoms with Gasteiger partial charge in [0, 0.05) is 30.3 Å². The normalized spacial score (nSPS) is 23.1. The molecule has 2 aliphatic heterocycles. The fourth-order valence-electron chi connectivity index (χ4n) is 3.33. The minimum atomic E-state index is 0.0248. The van der Waals surface area contributed by atoms with Crippen LogP contribution in [0, 0.1) is 11.8 Å². The number of ether oxygens (including phenoxy) is 2. The number of aromatic nitrogens is 1. The first kappa shape index (κ1) is 14.7. The molecule has 2 saturated heterocycles. The van der Waals surface area contributed by atoms with E-state index >= 15 is 0 Å². The van der Waals surface area contributed by atoms with E-state index in [0.717, 1.165) is 42.6 Å². The van der Waals surface area contributed by atoms with Crippen LogP contribution in [0.1, 0.15) is 10.5 Å². The number of methoxy groups -OCH3 is 1. The monoisotopic (exact) mass is 330 g/mol. The van der Waals surface area contributed by atoms with Crippen molar-refractivity contribution in [3.63, 3.8) is 0 Å². The molecular weight excluding hydrogens is 312 g/mol. The molecule has 1 aromatic carbocycles. The van der Waals surface area contributed by atoms with Crippen molar-refractivity contribution in [2.45, 2.75) is 0 Å².